The molecule has 0 spiro atoms. The average molecular weight is 164 g/mol. The summed E-state index contributed by atoms with van der Waals surface area (Å²) in [6, 6.07) is 0. The van der Waals surface area contributed by atoms with Crippen molar-refractivity contribution in [3.8, 4) is 5.88 Å². The van der Waals surface area contributed by atoms with E-state index in [0.29, 0.717) is 5.88 Å². The van der Waals surface area contributed by atoms with E-state index >= 15 is 0 Å². The number of aromatic nitrogens is 2. The molecule has 0 unspecified atom stereocenters. The molecule has 0 atom stereocenters. The van der Waals surface area contributed by atoms with E-state index in [9.17, 15) is 0 Å². The zero-order valence-corrected chi connectivity index (χ0v) is 7.16. The third kappa shape index (κ3) is 1.94. The number of hydrogen-bond donors (Lipinski definition) is 0. The summed E-state index contributed by atoms with van der Waals surface area (Å²) in [6.45, 7) is 2.72. The van der Waals surface area contributed by atoms with E-state index in [4.69, 9.17) is 4.74 Å². The van der Waals surface area contributed by atoms with Gasteiger partial charge in [0.05, 0.1) is 18.5 Å². The SMILES string of the molecule is Cc1cncc(OCC2CC2)n1. The van der Waals surface area contributed by atoms with Crippen molar-refractivity contribution in [3.63, 3.8) is 0 Å². The molecule has 12 heavy (non-hydrogen) atoms. The van der Waals surface area contributed by atoms with Gasteiger partial charge in [-0.2, -0.15) is 0 Å². The second-order valence-corrected chi connectivity index (χ2v) is 3.25. The van der Waals surface area contributed by atoms with E-state index in [0.717, 1.165) is 18.2 Å². The zero-order chi connectivity index (χ0) is 8.39. The largest absolute Gasteiger partial charge is 0.476 e. The van der Waals surface area contributed by atoms with Crippen LogP contribution in [0.5, 0.6) is 5.88 Å². The van der Waals surface area contributed by atoms with Crippen molar-refractivity contribution in [3.05, 3.63) is 18.1 Å². The van der Waals surface area contributed by atoms with Gasteiger partial charge in [-0.25, -0.2) is 4.98 Å². The highest BCUT2D eigenvalue weighted by molar-refractivity contribution is 5.06. The monoisotopic (exact) mass is 164 g/mol. The topological polar surface area (TPSA) is 35.0 Å². The molecule has 64 valence electrons. The standard InChI is InChI=1S/C9H12N2O/c1-7-4-10-5-9(11-7)12-6-8-2-3-8/h4-5,8H,2-3,6H2,1H3. The Labute approximate surface area is 71.8 Å². The first-order valence-corrected chi connectivity index (χ1v) is 4.26. The minimum Gasteiger partial charge on any atom is -0.476 e. The van der Waals surface area contributed by atoms with Gasteiger partial charge < -0.3 is 4.74 Å². The van der Waals surface area contributed by atoms with Gasteiger partial charge in [0.25, 0.3) is 0 Å². The molecule has 1 heterocycles. The molecule has 0 saturated heterocycles. The molecule has 1 fully saturated rings. The van der Waals surface area contributed by atoms with Crippen molar-refractivity contribution < 1.29 is 4.74 Å². The lowest BCUT2D eigenvalue weighted by molar-refractivity contribution is 0.286. The minimum atomic E-state index is 0.655. The van der Waals surface area contributed by atoms with Crippen LogP contribution >= 0.6 is 0 Å². The van der Waals surface area contributed by atoms with Crippen LogP contribution in [0.4, 0.5) is 0 Å². The molecule has 3 heteroatoms. The molecule has 2 rings (SSSR count). The van der Waals surface area contributed by atoms with Crippen molar-refractivity contribution in [1.29, 1.82) is 0 Å². The van der Waals surface area contributed by atoms with Crippen LogP contribution in [0.1, 0.15) is 18.5 Å². The van der Waals surface area contributed by atoms with Crippen LogP contribution in [-0.4, -0.2) is 16.6 Å². The molecular weight excluding hydrogens is 152 g/mol. The van der Waals surface area contributed by atoms with Crippen LogP contribution in [0.25, 0.3) is 0 Å². The Kier molecular flexibility index (Phi) is 1.94. The second-order valence-electron chi connectivity index (χ2n) is 3.25. The summed E-state index contributed by atoms with van der Waals surface area (Å²) in [5.74, 6) is 1.43. The highest BCUT2D eigenvalue weighted by Gasteiger charge is 2.22. The van der Waals surface area contributed by atoms with E-state index in [-0.39, 0.29) is 0 Å². The zero-order valence-electron chi connectivity index (χ0n) is 7.16. The summed E-state index contributed by atoms with van der Waals surface area (Å²) in [5.41, 5.74) is 0.906. The Morgan fingerprint density at radius 2 is 2.33 bits per heavy atom. The van der Waals surface area contributed by atoms with Crippen LogP contribution in [0.3, 0.4) is 0 Å². The first-order chi connectivity index (χ1) is 5.84. The molecule has 3 nitrogen and oxygen atoms in total. The average Bonchev–Trinajstić information content (AvgIpc) is 2.84. The first kappa shape index (κ1) is 7.53. The van der Waals surface area contributed by atoms with Gasteiger partial charge in [0, 0.05) is 6.20 Å². The Bertz CT molecular complexity index is 271. The lowest BCUT2D eigenvalue weighted by Crippen LogP contribution is -2.01. The van der Waals surface area contributed by atoms with Crippen LogP contribution in [0.15, 0.2) is 12.4 Å². The Hall–Kier alpha value is -1.12. The second kappa shape index (κ2) is 3.09. The number of ether oxygens (including phenoxy) is 1. The number of rotatable bonds is 3. The molecule has 1 aliphatic carbocycles. The van der Waals surface area contributed by atoms with E-state index in [1.54, 1.807) is 12.4 Å². The van der Waals surface area contributed by atoms with Crippen LogP contribution in [-0.2, 0) is 0 Å². The summed E-state index contributed by atoms with van der Waals surface area (Å²) in [7, 11) is 0. The summed E-state index contributed by atoms with van der Waals surface area (Å²) < 4.78 is 5.44. The fourth-order valence-corrected chi connectivity index (χ4v) is 0.998. The van der Waals surface area contributed by atoms with Crippen molar-refractivity contribution in [2.45, 2.75) is 19.8 Å². The predicted molar refractivity (Wildman–Crippen MR) is 45.0 cm³/mol. The molecule has 0 N–H and O–H groups in total. The van der Waals surface area contributed by atoms with Gasteiger partial charge in [-0.3, -0.25) is 4.98 Å². The highest BCUT2D eigenvalue weighted by atomic mass is 16.5. The van der Waals surface area contributed by atoms with Crippen molar-refractivity contribution >= 4 is 0 Å². The van der Waals surface area contributed by atoms with Crippen LogP contribution in [0, 0.1) is 12.8 Å². The van der Waals surface area contributed by atoms with Crippen molar-refractivity contribution in [1.82, 2.24) is 9.97 Å². The number of aryl methyl sites for hydroxylation is 1. The summed E-state index contributed by atoms with van der Waals surface area (Å²) in [4.78, 5) is 8.18. The maximum Gasteiger partial charge on any atom is 0.232 e. The Balaban J connectivity index is 1.92. The molecule has 1 aromatic rings. The fraction of sp³-hybridized carbons (Fsp3) is 0.556. The van der Waals surface area contributed by atoms with Crippen molar-refractivity contribution in [2.24, 2.45) is 5.92 Å². The van der Waals surface area contributed by atoms with Gasteiger partial charge in [0.1, 0.15) is 0 Å². The maximum atomic E-state index is 5.44. The van der Waals surface area contributed by atoms with E-state index in [1.165, 1.54) is 12.8 Å². The van der Waals surface area contributed by atoms with Gasteiger partial charge in [0.2, 0.25) is 5.88 Å². The normalized spacial score (nSPS) is 16.1. The lowest BCUT2D eigenvalue weighted by atomic mass is 10.5. The van der Waals surface area contributed by atoms with E-state index < -0.39 is 0 Å². The molecule has 0 aromatic carbocycles. The lowest BCUT2D eigenvalue weighted by Gasteiger charge is -2.02. The molecular formula is C9H12N2O. The van der Waals surface area contributed by atoms with Crippen LogP contribution in [0.2, 0.25) is 0 Å². The van der Waals surface area contributed by atoms with Gasteiger partial charge >= 0.3 is 0 Å². The summed E-state index contributed by atoms with van der Waals surface area (Å²) in [6.07, 6.45) is 6.00. The molecule has 0 bridgehead atoms. The quantitative estimate of drug-likeness (QED) is 0.680. The molecule has 1 saturated carbocycles. The summed E-state index contributed by atoms with van der Waals surface area (Å²) in [5, 5.41) is 0. The predicted octanol–water partition coefficient (Wildman–Crippen LogP) is 1.57. The molecule has 1 aromatic heterocycles. The van der Waals surface area contributed by atoms with Crippen molar-refractivity contribution in [2.75, 3.05) is 6.61 Å². The molecule has 0 radical (unpaired) electrons. The Morgan fingerprint density at radius 3 is 3.00 bits per heavy atom. The van der Waals surface area contributed by atoms with E-state index in [1.807, 2.05) is 6.92 Å². The molecule has 0 amide bonds. The maximum absolute atomic E-state index is 5.44. The number of nitrogens with zero attached hydrogens (tertiary/aromatic N) is 2. The minimum absolute atomic E-state index is 0.655. The fourth-order valence-electron chi connectivity index (χ4n) is 0.998. The number of hydrogen-bond acceptors (Lipinski definition) is 3. The molecule has 0 aliphatic heterocycles. The highest BCUT2D eigenvalue weighted by Crippen LogP contribution is 2.29. The Morgan fingerprint density at radius 1 is 1.50 bits per heavy atom. The van der Waals surface area contributed by atoms with Gasteiger partial charge in [-0.15, -0.1) is 0 Å². The summed E-state index contributed by atoms with van der Waals surface area (Å²) >= 11 is 0. The molecule has 1 aliphatic rings. The third-order valence-electron chi connectivity index (χ3n) is 1.90. The van der Waals surface area contributed by atoms with Gasteiger partial charge in [0.15, 0.2) is 0 Å². The van der Waals surface area contributed by atoms with Gasteiger partial charge in [-0.1, -0.05) is 0 Å². The van der Waals surface area contributed by atoms with Gasteiger partial charge in [-0.05, 0) is 25.7 Å². The first-order valence-electron chi connectivity index (χ1n) is 4.26. The van der Waals surface area contributed by atoms with Crippen LogP contribution < -0.4 is 4.74 Å². The smallest absolute Gasteiger partial charge is 0.232 e. The van der Waals surface area contributed by atoms with E-state index in [2.05, 4.69) is 9.97 Å². The third-order valence-corrected chi connectivity index (χ3v) is 1.90.